The largest absolute Gasteiger partial charge is 0.391 e. The van der Waals surface area contributed by atoms with Gasteiger partial charge in [-0.15, -0.1) is 0 Å². The van der Waals surface area contributed by atoms with Gasteiger partial charge < -0.3 is 9.63 Å². The molecule has 4 heteroatoms. The van der Waals surface area contributed by atoms with Gasteiger partial charge in [0.05, 0.1) is 12.2 Å². The summed E-state index contributed by atoms with van der Waals surface area (Å²) in [5.41, 5.74) is 2.38. The maximum absolute atomic E-state index is 9.60. The molecule has 4 unspecified atom stereocenters. The van der Waals surface area contributed by atoms with Crippen molar-refractivity contribution in [3.63, 3.8) is 0 Å². The second-order valence-corrected chi connectivity index (χ2v) is 5.62. The number of rotatable bonds is 6. The highest BCUT2D eigenvalue weighted by Gasteiger charge is 2.21. The van der Waals surface area contributed by atoms with E-state index in [1.54, 1.807) is 6.92 Å². The van der Waals surface area contributed by atoms with Gasteiger partial charge >= 0.3 is 0 Å². The number of aryl methyl sites for hydroxylation is 2. The fourth-order valence-electron chi connectivity index (χ4n) is 2.14. The molecule has 0 aromatic heterocycles. The van der Waals surface area contributed by atoms with Gasteiger partial charge in [0.25, 0.3) is 0 Å². The molecule has 0 aliphatic rings. The number of halogens is 1. The van der Waals surface area contributed by atoms with E-state index in [0.717, 1.165) is 23.4 Å². The third-order valence-corrected chi connectivity index (χ3v) is 4.04. The van der Waals surface area contributed by atoms with Crippen LogP contribution in [0.15, 0.2) is 18.2 Å². The molecular formula is C14H22ClO2P. The zero-order valence-electron chi connectivity index (χ0n) is 11.2. The van der Waals surface area contributed by atoms with Crippen LogP contribution in [-0.2, 0) is 10.9 Å². The van der Waals surface area contributed by atoms with Crippen molar-refractivity contribution >= 4 is 21.1 Å². The van der Waals surface area contributed by atoms with E-state index in [0.29, 0.717) is 5.92 Å². The van der Waals surface area contributed by atoms with Gasteiger partial charge in [0.2, 0.25) is 0 Å². The third-order valence-electron chi connectivity index (χ3n) is 3.30. The minimum Gasteiger partial charge on any atom is -0.391 e. The standard InChI is InChI=1S/C14H22ClO2P/c1-9(14(17-18)11(3)16)4-5-12-6-7-13(15)10(2)8-12/h6-9,11,14,16H,4-5,18H2,1-3H3. The number of benzene rings is 1. The van der Waals surface area contributed by atoms with Crippen LogP contribution in [0.5, 0.6) is 0 Å². The van der Waals surface area contributed by atoms with Crippen LogP contribution in [0.2, 0.25) is 5.02 Å². The van der Waals surface area contributed by atoms with Crippen molar-refractivity contribution in [2.24, 2.45) is 5.92 Å². The molecule has 0 radical (unpaired) electrons. The van der Waals surface area contributed by atoms with E-state index in [2.05, 4.69) is 28.5 Å². The van der Waals surface area contributed by atoms with Crippen molar-refractivity contribution in [3.05, 3.63) is 34.3 Å². The molecule has 1 aromatic carbocycles. The zero-order chi connectivity index (χ0) is 13.7. The van der Waals surface area contributed by atoms with E-state index in [-0.39, 0.29) is 6.10 Å². The lowest BCUT2D eigenvalue weighted by atomic mass is 9.93. The lowest BCUT2D eigenvalue weighted by Crippen LogP contribution is -2.30. The highest BCUT2D eigenvalue weighted by molar-refractivity contribution is 7.09. The maximum Gasteiger partial charge on any atom is 0.0892 e. The zero-order valence-corrected chi connectivity index (χ0v) is 13.1. The Hall–Kier alpha value is -0.140. The Labute approximate surface area is 117 Å². The molecule has 0 aliphatic carbocycles. The lowest BCUT2D eigenvalue weighted by molar-refractivity contribution is 0.0254. The Morgan fingerprint density at radius 3 is 2.56 bits per heavy atom. The predicted molar refractivity (Wildman–Crippen MR) is 79.9 cm³/mol. The van der Waals surface area contributed by atoms with Crippen molar-refractivity contribution in [2.75, 3.05) is 0 Å². The monoisotopic (exact) mass is 288 g/mol. The van der Waals surface area contributed by atoms with Gasteiger partial charge in [-0.1, -0.05) is 30.7 Å². The van der Waals surface area contributed by atoms with Crippen molar-refractivity contribution in [3.8, 4) is 0 Å². The molecule has 102 valence electrons. The molecule has 2 nitrogen and oxygen atoms in total. The van der Waals surface area contributed by atoms with Gasteiger partial charge in [-0.2, -0.15) is 0 Å². The van der Waals surface area contributed by atoms with Gasteiger partial charge in [0.1, 0.15) is 0 Å². The predicted octanol–water partition coefficient (Wildman–Crippen LogP) is 3.77. The van der Waals surface area contributed by atoms with Gasteiger partial charge in [-0.25, -0.2) is 0 Å². The Balaban J connectivity index is 2.56. The van der Waals surface area contributed by atoms with Crippen LogP contribution in [0.25, 0.3) is 0 Å². The molecule has 18 heavy (non-hydrogen) atoms. The van der Waals surface area contributed by atoms with Crippen LogP contribution in [-0.4, -0.2) is 17.3 Å². The molecule has 4 atom stereocenters. The normalized spacial score (nSPS) is 16.3. The smallest absolute Gasteiger partial charge is 0.0892 e. The number of aliphatic hydroxyl groups excluding tert-OH is 1. The number of hydrogen-bond acceptors (Lipinski definition) is 2. The Morgan fingerprint density at radius 2 is 2.06 bits per heavy atom. The van der Waals surface area contributed by atoms with Crippen LogP contribution >= 0.6 is 21.1 Å². The van der Waals surface area contributed by atoms with Crippen LogP contribution in [0, 0.1) is 12.8 Å². The summed E-state index contributed by atoms with van der Waals surface area (Å²) in [6, 6.07) is 6.12. The molecule has 0 saturated heterocycles. The van der Waals surface area contributed by atoms with Crippen molar-refractivity contribution in [1.82, 2.24) is 0 Å². The van der Waals surface area contributed by atoms with Gasteiger partial charge in [0.15, 0.2) is 0 Å². The topological polar surface area (TPSA) is 29.5 Å². The molecule has 0 heterocycles. The van der Waals surface area contributed by atoms with Gasteiger partial charge in [-0.3, -0.25) is 0 Å². The Bertz CT molecular complexity index is 382. The summed E-state index contributed by atoms with van der Waals surface area (Å²) in [6.07, 6.45) is 1.36. The van der Waals surface area contributed by atoms with E-state index in [4.69, 9.17) is 16.1 Å². The van der Waals surface area contributed by atoms with E-state index in [9.17, 15) is 5.11 Å². The highest BCUT2D eigenvalue weighted by Crippen LogP contribution is 2.22. The van der Waals surface area contributed by atoms with E-state index < -0.39 is 6.10 Å². The fraction of sp³-hybridized carbons (Fsp3) is 0.571. The van der Waals surface area contributed by atoms with Crippen LogP contribution in [0.1, 0.15) is 31.4 Å². The first-order valence-corrected chi connectivity index (χ1v) is 7.09. The minimum atomic E-state index is -0.454. The summed E-state index contributed by atoms with van der Waals surface area (Å²) >= 11 is 6.00. The summed E-state index contributed by atoms with van der Waals surface area (Å²) in [5.74, 6) is 0.304. The molecule has 0 saturated carbocycles. The Morgan fingerprint density at radius 1 is 1.39 bits per heavy atom. The van der Waals surface area contributed by atoms with Crippen molar-refractivity contribution in [1.29, 1.82) is 0 Å². The summed E-state index contributed by atoms with van der Waals surface area (Å²) in [6.45, 7) is 5.88. The molecule has 1 aromatic rings. The molecule has 0 aliphatic heterocycles. The average molecular weight is 289 g/mol. The quantitative estimate of drug-likeness (QED) is 0.808. The second kappa shape index (κ2) is 7.45. The van der Waals surface area contributed by atoms with Gasteiger partial charge in [-0.05, 0) is 49.8 Å². The summed E-state index contributed by atoms with van der Waals surface area (Å²) < 4.78 is 5.25. The molecule has 1 N–H and O–H groups in total. The summed E-state index contributed by atoms with van der Waals surface area (Å²) in [4.78, 5) is 0. The van der Waals surface area contributed by atoms with E-state index >= 15 is 0 Å². The van der Waals surface area contributed by atoms with E-state index in [1.807, 2.05) is 13.0 Å². The number of hydrogen-bond donors (Lipinski definition) is 1. The third kappa shape index (κ3) is 4.51. The fourth-order valence-corrected chi connectivity index (χ4v) is 2.76. The molecule has 1 rings (SSSR count). The van der Waals surface area contributed by atoms with Crippen molar-refractivity contribution < 1.29 is 9.63 Å². The SMILES string of the molecule is Cc1cc(CCC(C)C(OP)C(C)O)ccc1Cl. The molecular weight excluding hydrogens is 267 g/mol. The molecule has 0 fully saturated rings. The minimum absolute atomic E-state index is 0.136. The molecule has 0 spiro atoms. The molecule has 0 bridgehead atoms. The first-order valence-electron chi connectivity index (χ1n) is 6.24. The maximum atomic E-state index is 9.60. The Kier molecular flexibility index (Phi) is 6.59. The first-order chi connectivity index (χ1) is 8.45. The van der Waals surface area contributed by atoms with Crippen LogP contribution < -0.4 is 0 Å². The average Bonchev–Trinajstić information content (AvgIpc) is 2.31. The first kappa shape index (κ1) is 15.9. The number of aliphatic hydroxyl groups is 1. The van der Waals surface area contributed by atoms with Crippen LogP contribution in [0.3, 0.4) is 0 Å². The van der Waals surface area contributed by atoms with E-state index in [1.165, 1.54) is 5.56 Å². The van der Waals surface area contributed by atoms with Crippen molar-refractivity contribution in [2.45, 2.75) is 45.8 Å². The molecule has 0 amide bonds. The summed E-state index contributed by atoms with van der Waals surface area (Å²) in [5, 5.41) is 10.4. The summed E-state index contributed by atoms with van der Waals surface area (Å²) in [7, 11) is 2.25. The van der Waals surface area contributed by atoms with Gasteiger partial charge in [0, 0.05) is 14.5 Å². The second-order valence-electron chi connectivity index (χ2n) is 4.94. The van der Waals surface area contributed by atoms with Crippen LogP contribution in [0.4, 0.5) is 0 Å². The lowest BCUT2D eigenvalue weighted by Gasteiger charge is -2.24. The highest BCUT2D eigenvalue weighted by atomic mass is 35.5.